The zero-order valence-corrected chi connectivity index (χ0v) is 21.0. The van der Waals surface area contributed by atoms with Crippen LogP contribution in [0.4, 0.5) is 0 Å². The molecule has 32 heavy (non-hydrogen) atoms. The van der Waals surface area contributed by atoms with Crippen molar-refractivity contribution in [3.8, 4) is 0 Å². The fraction of sp³-hybridized carbons (Fsp3) is 0.720. The summed E-state index contributed by atoms with van der Waals surface area (Å²) in [6.07, 6.45) is 18.8. The molecule has 6 nitrogen and oxygen atoms in total. The van der Waals surface area contributed by atoms with Crippen molar-refractivity contribution in [2.75, 3.05) is 13.2 Å². The van der Waals surface area contributed by atoms with Crippen LogP contribution >= 0.6 is 0 Å². The monoisotopic (exact) mass is 471 g/mol. The normalized spacial score (nSPS) is 11.0. The topological polar surface area (TPSA) is 107 Å². The van der Waals surface area contributed by atoms with Crippen LogP contribution < -0.4 is 5.73 Å². The Kier molecular flexibility index (Phi) is 19.3. The maximum absolute atomic E-state index is 10.8. The maximum atomic E-state index is 10.8. The van der Waals surface area contributed by atoms with Crippen molar-refractivity contribution in [2.45, 2.75) is 109 Å². The van der Waals surface area contributed by atoms with Gasteiger partial charge in [0.05, 0.1) is 18.0 Å². The summed E-state index contributed by atoms with van der Waals surface area (Å²) in [5.41, 5.74) is 6.11. The molecule has 186 valence electrons. The zero-order chi connectivity index (χ0) is 24.1. The number of carbonyl (C=O) groups is 1. The molecule has 0 unspecified atom stereocenters. The molecule has 0 radical (unpaired) electrons. The number of benzene rings is 1. The third-order valence-electron chi connectivity index (χ3n) is 5.25. The van der Waals surface area contributed by atoms with Crippen molar-refractivity contribution in [2.24, 2.45) is 5.73 Å². The minimum atomic E-state index is -4.02. The van der Waals surface area contributed by atoms with E-state index in [1.807, 2.05) is 6.92 Å². The SMILES string of the molecule is CCCCCCCCCCCCCCCCOC(=O)CN.Cc1ccc(S(=O)(=O)O)cc1. The van der Waals surface area contributed by atoms with Crippen molar-refractivity contribution in [1.29, 1.82) is 0 Å². The highest BCUT2D eigenvalue weighted by Gasteiger charge is 2.06. The average Bonchev–Trinajstić information content (AvgIpc) is 2.76. The van der Waals surface area contributed by atoms with Crippen molar-refractivity contribution in [1.82, 2.24) is 0 Å². The Morgan fingerprint density at radius 3 is 1.59 bits per heavy atom. The fourth-order valence-electron chi connectivity index (χ4n) is 3.25. The third-order valence-corrected chi connectivity index (χ3v) is 6.11. The molecule has 0 heterocycles. The van der Waals surface area contributed by atoms with Gasteiger partial charge in [0.2, 0.25) is 0 Å². The van der Waals surface area contributed by atoms with Gasteiger partial charge in [-0.3, -0.25) is 9.35 Å². The molecule has 0 aliphatic carbocycles. The molecular weight excluding hydrogens is 426 g/mol. The number of rotatable bonds is 17. The van der Waals surface area contributed by atoms with E-state index in [4.69, 9.17) is 15.0 Å². The minimum absolute atomic E-state index is 0.00139. The first-order chi connectivity index (χ1) is 15.3. The lowest BCUT2D eigenvalue weighted by atomic mass is 10.0. The second-order valence-corrected chi connectivity index (χ2v) is 9.73. The van der Waals surface area contributed by atoms with Gasteiger partial charge in [0.1, 0.15) is 0 Å². The molecule has 3 N–H and O–H groups in total. The van der Waals surface area contributed by atoms with Crippen LogP contribution in [0.25, 0.3) is 0 Å². The second kappa shape index (κ2) is 20.2. The summed E-state index contributed by atoms with van der Waals surface area (Å²) in [5, 5.41) is 0. The van der Waals surface area contributed by atoms with Crippen LogP contribution in [-0.2, 0) is 19.6 Å². The molecule has 0 spiro atoms. The summed E-state index contributed by atoms with van der Waals surface area (Å²) in [7, 11) is -4.02. The summed E-state index contributed by atoms with van der Waals surface area (Å²) in [6.45, 7) is 4.65. The van der Waals surface area contributed by atoms with Crippen LogP contribution in [-0.4, -0.2) is 32.1 Å². The van der Waals surface area contributed by atoms with Crippen LogP contribution in [0.3, 0.4) is 0 Å². The van der Waals surface area contributed by atoms with E-state index < -0.39 is 10.1 Å². The largest absolute Gasteiger partial charge is 0.465 e. The Morgan fingerprint density at radius 1 is 0.812 bits per heavy atom. The summed E-state index contributed by atoms with van der Waals surface area (Å²) in [5.74, 6) is -0.287. The van der Waals surface area contributed by atoms with Gasteiger partial charge in [0.25, 0.3) is 10.1 Å². The lowest BCUT2D eigenvalue weighted by molar-refractivity contribution is -0.142. The van der Waals surface area contributed by atoms with Gasteiger partial charge in [-0.2, -0.15) is 8.42 Å². The summed E-state index contributed by atoms with van der Waals surface area (Å²) in [4.78, 5) is 10.7. The van der Waals surface area contributed by atoms with Gasteiger partial charge < -0.3 is 10.5 Å². The lowest BCUT2D eigenvalue weighted by Crippen LogP contribution is -2.17. The molecule has 0 atom stereocenters. The standard InChI is InChI=1S/C18H37NO2.C7H8O3S/c1-2-3-4-5-6-7-8-9-10-11-12-13-14-15-16-21-18(20)17-19;1-6-2-4-7(5-3-6)11(8,9)10/h2-17,19H2,1H3;2-5H,1H3,(H,8,9,10). The predicted octanol–water partition coefficient (Wildman–Crippen LogP) is 6.21. The van der Waals surface area contributed by atoms with E-state index >= 15 is 0 Å². The predicted molar refractivity (Wildman–Crippen MR) is 131 cm³/mol. The number of ether oxygens (including phenoxy) is 1. The van der Waals surface area contributed by atoms with E-state index in [-0.39, 0.29) is 17.4 Å². The summed E-state index contributed by atoms with van der Waals surface area (Å²) >= 11 is 0. The van der Waals surface area contributed by atoms with Crippen LogP contribution in [0, 0.1) is 6.92 Å². The molecule has 1 aromatic rings. The van der Waals surface area contributed by atoms with E-state index in [0.29, 0.717) is 6.61 Å². The van der Waals surface area contributed by atoms with Gasteiger partial charge in [0.15, 0.2) is 0 Å². The van der Waals surface area contributed by atoms with Crippen molar-refractivity contribution < 1.29 is 22.5 Å². The Morgan fingerprint density at radius 2 is 1.22 bits per heavy atom. The van der Waals surface area contributed by atoms with Crippen molar-refractivity contribution in [3.05, 3.63) is 29.8 Å². The minimum Gasteiger partial charge on any atom is -0.465 e. The molecular formula is C25H45NO5S. The van der Waals surface area contributed by atoms with E-state index in [0.717, 1.165) is 18.4 Å². The van der Waals surface area contributed by atoms with Crippen LogP contribution in [0.1, 0.15) is 102 Å². The van der Waals surface area contributed by atoms with Crippen LogP contribution in [0.15, 0.2) is 29.2 Å². The molecule has 0 aliphatic rings. The number of esters is 1. The Balaban J connectivity index is 0.000000726. The number of unbranched alkanes of at least 4 members (excludes halogenated alkanes) is 13. The smallest absolute Gasteiger partial charge is 0.319 e. The molecule has 1 aromatic carbocycles. The molecule has 1 rings (SSSR count). The molecule has 0 aromatic heterocycles. The molecule has 7 heteroatoms. The first-order valence-electron chi connectivity index (χ1n) is 12.2. The summed E-state index contributed by atoms with van der Waals surface area (Å²) < 4.78 is 34.5. The van der Waals surface area contributed by atoms with E-state index in [1.54, 1.807) is 12.1 Å². The second-order valence-electron chi connectivity index (χ2n) is 8.31. The molecule has 0 aliphatic heterocycles. The Bertz CT molecular complexity index is 674. The van der Waals surface area contributed by atoms with Crippen molar-refractivity contribution in [3.63, 3.8) is 0 Å². The highest BCUT2D eigenvalue weighted by molar-refractivity contribution is 7.85. The van der Waals surface area contributed by atoms with Gasteiger partial charge >= 0.3 is 5.97 Å². The first-order valence-corrected chi connectivity index (χ1v) is 13.6. The van der Waals surface area contributed by atoms with Crippen LogP contribution in [0.2, 0.25) is 0 Å². The van der Waals surface area contributed by atoms with Gasteiger partial charge in [-0.15, -0.1) is 0 Å². The maximum Gasteiger partial charge on any atom is 0.319 e. The molecule has 0 fully saturated rings. The van der Waals surface area contributed by atoms with E-state index in [2.05, 4.69) is 6.92 Å². The van der Waals surface area contributed by atoms with Crippen molar-refractivity contribution >= 4 is 16.1 Å². The van der Waals surface area contributed by atoms with Gasteiger partial charge in [-0.1, -0.05) is 108 Å². The molecule has 0 amide bonds. The highest BCUT2D eigenvalue weighted by Crippen LogP contribution is 2.13. The van der Waals surface area contributed by atoms with Crippen LogP contribution in [0.5, 0.6) is 0 Å². The van der Waals surface area contributed by atoms with Gasteiger partial charge in [0, 0.05) is 0 Å². The fourth-order valence-corrected chi connectivity index (χ4v) is 3.73. The Hall–Kier alpha value is -1.44. The molecule has 0 saturated carbocycles. The van der Waals surface area contributed by atoms with Gasteiger partial charge in [-0.25, -0.2) is 0 Å². The quantitative estimate of drug-likeness (QED) is 0.159. The highest BCUT2D eigenvalue weighted by atomic mass is 32.2. The summed E-state index contributed by atoms with van der Waals surface area (Å²) in [6, 6.07) is 5.99. The number of hydrogen-bond donors (Lipinski definition) is 2. The molecule has 0 saturated heterocycles. The Labute approximate surface area is 196 Å². The first kappa shape index (κ1) is 30.6. The third kappa shape index (κ3) is 19.3. The van der Waals surface area contributed by atoms with Gasteiger partial charge in [-0.05, 0) is 25.5 Å². The van der Waals surface area contributed by atoms with E-state index in [1.165, 1.54) is 89.2 Å². The number of nitrogens with two attached hydrogens (primary N) is 1. The number of carbonyl (C=O) groups excluding carboxylic acids is 1. The number of hydrogen-bond acceptors (Lipinski definition) is 5. The zero-order valence-electron chi connectivity index (χ0n) is 20.2. The lowest BCUT2D eigenvalue weighted by Gasteiger charge is -2.04. The number of aryl methyl sites for hydroxylation is 1. The molecule has 0 bridgehead atoms. The average molecular weight is 472 g/mol. The van der Waals surface area contributed by atoms with E-state index in [9.17, 15) is 13.2 Å².